The van der Waals surface area contributed by atoms with Gasteiger partial charge in [0.25, 0.3) is 0 Å². The van der Waals surface area contributed by atoms with Crippen molar-refractivity contribution in [2.45, 2.75) is 44.3 Å². The summed E-state index contributed by atoms with van der Waals surface area (Å²) in [6.07, 6.45) is -0.0888. The summed E-state index contributed by atoms with van der Waals surface area (Å²) in [5, 5.41) is 0. The van der Waals surface area contributed by atoms with E-state index in [0.29, 0.717) is 38.0 Å². The third kappa shape index (κ3) is 5.86. The molecule has 3 aliphatic rings. The number of halogens is 3. The Balaban J connectivity index is 1.29. The SMILES string of the molecule is O=C(Cc1ccc(N2CCOCC2)cc1)c1cc(N2CCC(N3CCCC3)CC2)cc(C(F)(F)F)c1. The van der Waals surface area contributed by atoms with Crippen LogP contribution in [-0.4, -0.2) is 69.2 Å². The first kappa shape index (κ1) is 25.1. The van der Waals surface area contributed by atoms with E-state index in [2.05, 4.69) is 9.80 Å². The number of Topliss-reactive ketones (excluding diaryl/α,β-unsaturated/α-hetero) is 1. The second-order valence-electron chi connectivity index (χ2n) is 10.1. The predicted molar refractivity (Wildman–Crippen MR) is 135 cm³/mol. The Morgan fingerprint density at radius 1 is 0.833 bits per heavy atom. The average molecular weight is 502 g/mol. The Labute approximate surface area is 210 Å². The number of carbonyl (C=O) groups is 1. The number of rotatable bonds is 6. The van der Waals surface area contributed by atoms with Crippen LogP contribution in [0.3, 0.4) is 0 Å². The number of hydrogen-bond acceptors (Lipinski definition) is 5. The van der Waals surface area contributed by atoms with Gasteiger partial charge in [0.1, 0.15) is 0 Å². The van der Waals surface area contributed by atoms with Crippen molar-refractivity contribution in [2.75, 3.05) is 62.3 Å². The van der Waals surface area contributed by atoms with Gasteiger partial charge in [-0.15, -0.1) is 0 Å². The minimum atomic E-state index is -4.50. The highest BCUT2D eigenvalue weighted by Crippen LogP contribution is 2.35. The maximum absolute atomic E-state index is 13.7. The molecule has 3 aliphatic heterocycles. The lowest BCUT2D eigenvalue weighted by Gasteiger charge is -2.38. The van der Waals surface area contributed by atoms with Crippen molar-refractivity contribution < 1.29 is 22.7 Å². The number of carbonyl (C=O) groups excluding carboxylic acids is 1. The minimum Gasteiger partial charge on any atom is -0.378 e. The zero-order chi connectivity index (χ0) is 25.1. The van der Waals surface area contributed by atoms with Crippen molar-refractivity contribution >= 4 is 17.2 Å². The minimum absolute atomic E-state index is 0.0706. The molecule has 0 N–H and O–H groups in total. The number of ketones is 1. The zero-order valence-electron chi connectivity index (χ0n) is 20.6. The van der Waals surface area contributed by atoms with Gasteiger partial charge in [0.2, 0.25) is 0 Å². The number of hydrogen-bond donors (Lipinski definition) is 0. The molecule has 194 valence electrons. The first-order valence-corrected chi connectivity index (χ1v) is 13.0. The molecule has 0 saturated carbocycles. The fraction of sp³-hybridized carbons (Fsp3) is 0.536. The first-order chi connectivity index (χ1) is 17.4. The Morgan fingerprint density at radius 2 is 1.47 bits per heavy atom. The van der Waals surface area contributed by atoms with Crippen molar-refractivity contribution in [2.24, 2.45) is 0 Å². The molecular weight excluding hydrogens is 467 g/mol. The van der Waals surface area contributed by atoms with Gasteiger partial charge >= 0.3 is 6.18 Å². The first-order valence-electron chi connectivity index (χ1n) is 13.0. The van der Waals surface area contributed by atoms with E-state index in [0.717, 1.165) is 56.3 Å². The summed E-state index contributed by atoms with van der Waals surface area (Å²) in [5.74, 6) is -0.298. The highest BCUT2D eigenvalue weighted by Gasteiger charge is 2.33. The lowest BCUT2D eigenvalue weighted by Crippen LogP contribution is -2.44. The van der Waals surface area contributed by atoms with Crippen LogP contribution in [0.25, 0.3) is 0 Å². The van der Waals surface area contributed by atoms with Crippen LogP contribution >= 0.6 is 0 Å². The van der Waals surface area contributed by atoms with Crippen LogP contribution in [0, 0.1) is 0 Å². The molecule has 8 heteroatoms. The topological polar surface area (TPSA) is 36.0 Å². The van der Waals surface area contributed by atoms with Gasteiger partial charge < -0.3 is 19.4 Å². The van der Waals surface area contributed by atoms with E-state index in [-0.39, 0.29) is 17.8 Å². The second kappa shape index (κ2) is 10.8. The third-order valence-electron chi connectivity index (χ3n) is 7.73. The van der Waals surface area contributed by atoms with Gasteiger partial charge in [-0.2, -0.15) is 13.2 Å². The molecule has 0 amide bonds. The summed E-state index contributed by atoms with van der Waals surface area (Å²) in [5.41, 5.74) is 1.72. The normalized spacial score (nSPS) is 20.2. The Hall–Kier alpha value is -2.58. The summed E-state index contributed by atoms with van der Waals surface area (Å²) in [7, 11) is 0. The molecular formula is C28H34F3N3O2. The third-order valence-corrected chi connectivity index (χ3v) is 7.73. The molecule has 5 nitrogen and oxygen atoms in total. The van der Waals surface area contributed by atoms with Gasteiger partial charge in [0.05, 0.1) is 18.8 Å². The fourth-order valence-corrected chi connectivity index (χ4v) is 5.65. The summed E-state index contributed by atoms with van der Waals surface area (Å²) in [6, 6.07) is 12.1. The van der Waals surface area contributed by atoms with Crippen molar-refractivity contribution in [3.05, 3.63) is 59.2 Å². The van der Waals surface area contributed by atoms with Gasteiger partial charge in [-0.1, -0.05) is 12.1 Å². The quantitative estimate of drug-likeness (QED) is 0.519. The molecule has 0 aromatic heterocycles. The standard InChI is InChI=1S/C28H34F3N3O2/c29-28(30,31)23-18-22(19-26(20-23)33-11-7-25(8-12-33)32-9-1-2-10-32)27(35)17-21-3-5-24(6-4-21)34-13-15-36-16-14-34/h3-6,18-20,25H,1-2,7-17H2. The number of alkyl halides is 3. The lowest BCUT2D eigenvalue weighted by molar-refractivity contribution is -0.137. The number of nitrogens with zero attached hydrogens (tertiary/aromatic N) is 3. The van der Waals surface area contributed by atoms with E-state index < -0.39 is 11.7 Å². The summed E-state index contributed by atoms with van der Waals surface area (Å²) >= 11 is 0. The summed E-state index contributed by atoms with van der Waals surface area (Å²) in [6.45, 7) is 6.68. The van der Waals surface area contributed by atoms with Crippen molar-refractivity contribution in [1.29, 1.82) is 0 Å². The molecule has 2 aromatic rings. The van der Waals surface area contributed by atoms with Gasteiger partial charge in [-0.05, 0) is 74.7 Å². The predicted octanol–water partition coefficient (Wildman–Crippen LogP) is 5.03. The Kier molecular flexibility index (Phi) is 7.53. The number of benzene rings is 2. The van der Waals surface area contributed by atoms with Crippen LogP contribution in [0.15, 0.2) is 42.5 Å². The number of ether oxygens (including phenoxy) is 1. The monoisotopic (exact) mass is 501 g/mol. The number of piperidine rings is 1. The molecule has 2 aromatic carbocycles. The van der Waals surface area contributed by atoms with Crippen molar-refractivity contribution in [3.8, 4) is 0 Å². The molecule has 0 spiro atoms. The molecule has 0 aliphatic carbocycles. The van der Waals surface area contributed by atoms with Crippen LogP contribution in [0.5, 0.6) is 0 Å². The zero-order valence-corrected chi connectivity index (χ0v) is 20.6. The van der Waals surface area contributed by atoms with Crippen LogP contribution in [-0.2, 0) is 17.3 Å². The van der Waals surface area contributed by atoms with Gasteiger partial charge in [-0.3, -0.25) is 4.79 Å². The smallest absolute Gasteiger partial charge is 0.378 e. The summed E-state index contributed by atoms with van der Waals surface area (Å²) < 4.78 is 46.6. The molecule has 36 heavy (non-hydrogen) atoms. The van der Waals surface area contributed by atoms with E-state index in [1.54, 1.807) is 6.07 Å². The maximum atomic E-state index is 13.7. The molecule has 3 fully saturated rings. The van der Waals surface area contributed by atoms with Gasteiger partial charge in [-0.25, -0.2) is 0 Å². The molecule has 0 bridgehead atoms. The van der Waals surface area contributed by atoms with E-state index in [1.807, 2.05) is 29.2 Å². The molecule has 3 saturated heterocycles. The van der Waals surface area contributed by atoms with Crippen molar-refractivity contribution in [3.63, 3.8) is 0 Å². The number of likely N-dealkylation sites (tertiary alicyclic amines) is 1. The Morgan fingerprint density at radius 3 is 2.11 bits per heavy atom. The second-order valence-corrected chi connectivity index (χ2v) is 10.1. The molecule has 5 rings (SSSR count). The highest BCUT2D eigenvalue weighted by molar-refractivity contribution is 5.98. The van der Waals surface area contributed by atoms with E-state index in [9.17, 15) is 18.0 Å². The van der Waals surface area contributed by atoms with Crippen LogP contribution < -0.4 is 9.80 Å². The largest absolute Gasteiger partial charge is 0.416 e. The number of morpholine rings is 1. The van der Waals surface area contributed by atoms with E-state index in [1.165, 1.54) is 18.9 Å². The average Bonchev–Trinajstić information content (AvgIpc) is 3.44. The van der Waals surface area contributed by atoms with Gasteiger partial charge in [0, 0.05) is 55.6 Å². The van der Waals surface area contributed by atoms with Gasteiger partial charge in [0.15, 0.2) is 5.78 Å². The molecule has 3 heterocycles. The van der Waals surface area contributed by atoms with Crippen molar-refractivity contribution in [1.82, 2.24) is 4.90 Å². The molecule has 0 unspecified atom stereocenters. The van der Waals surface area contributed by atoms with E-state index in [4.69, 9.17) is 4.74 Å². The number of anilines is 2. The molecule has 0 radical (unpaired) electrons. The summed E-state index contributed by atoms with van der Waals surface area (Å²) in [4.78, 5) is 19.9. The fourth-order valence-electron chi connectivity index (χ4n) is 5.65. The van der Waals surface area contributed by atoms with Crippen LogP contribution in [0.1, 0.15) is 47.2 Å². The maximum Gasteiger partial charge on any atom is 0.416 e. The Bertz CT molecular complexity index is 1040. The lowest BCUT2D eigenvalue weighted by atomic mass is 9.98. The highest BCUT2D eigenvalue weighted by atomic mass is 19.4. The molecule has 0 atom stereocenters. The van der Waals surface area contributed by atoms with Crippen LogP contribution in [0.4, 0.5) is 24.5 Å². The van der Waals surface area contributed by atoms with Crippen LogP contribution in [0.2, 0.25) is 0 Å². The van der Waals surface area contributed by atoms with E-state index >= 15 is 0 Å².